The molecule has 0 radical (unpaired) electrons. The highest BCUT2D eigenvalue weighted by Crippen LogP contribution is 2.17. The van der Waals surface area contributed by atoms with E-state index in [9.17, 15) is 18.4 Å². The Morgan fingerprint density at radius 3 is 2.50 bits per heavy atom. The predicted molar refractivity (Wildman–Crippen MR) is 113 cm³/mol. The zero-order valence-electron chi connectivity index (χ0n) is 17.2. The van der Waals surface area contributed by atoms with E-state index < -0.39 is 17.7 Å². The maximum absolute atomic E-state index is 13.4. The molecular weight excluding hydrogens is 408 g/mol. The molecule has 0 saturated carbocycles. The second-order valence-electron chi connectivity index (χ2n) is 7.98. The van der Waals surface area contributed by atoms with Crippen molar-refractivity contribution in [2.75, 3.05) is 13.1 Å². The number of halogens is 2. The molecule has 1 atom stereocenters. The molecule has 2 N–H and O–H groups in total. The second kappa shape index (κ2) is 10.1. The van der Waals surface area contributed by atoms with Gasteiger partial charge in [0.15, 0.2) is 11.6 Å². The Morgan fingerprint density at radius 2 is 1.90 bits per heavy atom. The molecule has 8 heteroatoms. The monoisotopic (exact) mass is 435 g/mol. The molecule has 1 aliphatic heterocycles. The van der Waals surface area contributed by atoms with Crippen molar-refractivity contribution in [1.82, 2.24) is 15.5 Å². The van der Waals surface area contributed by atoms with E-state index in [0.29, 0.717) is 11.4 Å². The lowest BCUT2D eigenvalue weighted by Crippen LogP contribution is -2.53. The molecule has 0 spiro atoms. The average Bonchev–Trinajstić information content (AvgIpc) is 3.25. The molecule has 2 amide bonds. The van der Waals surface area contributed by atoms with Crippen LogP contribution in [-0.4, -0.2) is 41.9 Å². The number of carbonyl (C=O) groups excluding carboxylic acids is 2. The molecule has 1 aromatic carbocycles. The van der Waals surface area contributed by atoms with Gasteiger partial charge in [0.05, 0.1) is 4.88 Å². The van der Waals surface area contributed by atoms with Crippen molar-refractivity contribution in [3.63, 3.8) is 0 Å². The zero-order valence-corrected chi connectivity index (χ0v) is 18.0. The third-order valence-electron chi connectivity index (χ3n) is 5.30. The first-order chi connectivity index (χ1) is 14.3. The summed E-state index contributed by atoms with van der Waals surface area (Å²) >= 11 is 1.34. The average molecular weight is 436 g/mol. The molecule has 5 nitrogen and oxygen atoms in total. The van der Waals surface area contributed by atoms with Gasteiger partial charge in [-0.15, -0.1) is 11.3 Å². The normalized spacial score (nSPS) is 16.4. The number of piperidine rings is 1. The van der Waals surface area contributed by atoms with Crippen molar-refractivity contribution in [2.24, 2.45) is 5.92 Å². The van der Waals surface area contributed by atoms with Crippen LogP contribution in [0.2, 0.25) is 0 Å². The second-order valence-corrected chi connectivity index (χ2v) is 8.93. The number of nitrogens with one attached hydrogen (secondary N) is 2. The standard InChI is InChI=1S/C22H27F2N3O2S/c1-14(2)20(26-21(28)19-4-3-11-30-19)22(29)25-16-7-9-27(10-8-16)13-15-5-6-17(23)18(24)12-15/h3-6,11-12,14,16,20H,7-10,13H2,1-2H3,(H,25,29)(H,26,28). The summed E-state index contributed by atoms with van der Waals surface area (Å²) in [5.41, 5.74) is 0.729. The Balaban J connectivity index is 1.49. The van der Waals surface area contributed by atoms with E-state index in [1.807, 2.05) is 19.2 Å². The largest absolute Gasteiger partial charge is 0.351 e. The first kappa shape index (κ1) is 22.4. The summed E-state index contributed by atoms with van der Waals surface area (Å²) < 4.78 is 26.5. The lowest BCUT2D eigenvalue weighted by molar-refractivity contribution is -0.125. The van der Waals surface area contributed by atoms with Gasteiger partial charge in [0.2, 0.25) is 5.91 Å². The number of hydrogen-bond donors (Lipinski definition) is 2. The summed E-state index contributed by atoms with van der Waals surface area (Å²) in [5.74, 6) is -2.12. The number of likely N-dealkylation sites (tertiary alicyclic amines) is 1. The fraction of sp³-hybridized carbons (Fsp3) is 0.455. The van der Waals surface area contributed by atoms with E-state index in [4.69, 9.17) is 0 Å². The van der Waals surface area contributed by atoms with Crippen LogP contribution in [-0.2, 0) is 11.3 Å². The minimum atomic E-state index is -0.842. The van der Waals surface area contributed by atoms with Crippen LogP contribution in [0, 0.1) is 17.6 Å². The molecule has 162 valence electrons. The molecule has 1 fully saturated rings. The van der Waals surface area contributed by atoms with Crippen LogP contribution >= 0.6 is 11.3 Å². The van der Waals surface area contributed by atoms with Gasteiger partial charge in [-0.3, -0.25) is 14.5 Å². The highest BCUT2D eigenvalue weighted by atomic mass is 32.1. The molecule has 2 aromatic rings. The molecule has 1 aromatic heterocycles. The van der Waals surface area contributed by atoms with Crippen molar-refractivity contribution in [3.8, 4) is 0 Å². The minimum absolute atomic E-state index is 0.0265. The molecule has 0 bridgehead atoms. The predicted octanol–water partition coefficient (Wildman–Crippen LogP) is 3.56. The van der Waals surface area contributed by atoms with Crippen molar-refractivity contribution >= 4 is 23.2 Å². The Bertz CT molecular complexity index is 865. The summed E-state index contributed by atoms with van der Waals surface area (Å²) in [6.07, 6.45) is 1.53. The minimum Gasteiger partial charge on any atom is -0.351 e. The number of benzene rings is 1. The van der Waals surface area contributed by atoms with E-state index in [0.717, 1.165) is 37.6 Å². The fourth-order valence-electron chi connectivity index (χ4n) is 3.58. The smallest absolute Gasteiger partial charge is 0.262 e. The van der Waals surface area contributed by atoms with Crippen LogP contribution in [0.15, 0.2) is 35.7 Å². The molecule has 30 heavy (non-hydrogen) atoms. The summed E-state index contributed by atoms with van der Waals surface area (Å²) in [5, 5.41) is 7.73. The van der Waals surface area contributed by atoms with Crippen LogP contribution in [0.3, 0.4) is 0 Å². The lowest BCUT2D eigenvalue weighted by Gasteiger charge is -2.33. The van der Waals surface area contributed by atoms with E-state index >= 15 is 0 Å². The molecule has 0 aliphatic carbocycles. The van der Waals surface area contributed by atoms with Gasteiger partial charge < -0.3 is 10.6 Å². The number of thiophene rings is 1. The Kier molecular flexibility index (Phi) is 7.55. The highest BCUT2D eigenvalue weighted by molar-refractivity contribution is 7.12. The molecule has 1 unspecified atom stereocenters. The quantitative estimate of drug-likeness (QED) is 0.699. The Morgan fingerprint density at radius 1 is 1.17 bits per heavy atom. The maximum Gasteiger partial charge on any atom is 0.262 e. The van der Waals surface area contributed by atoms with Gasteiger partial charge in [0.1, 0.15) is 6.04 Å². The van der Waals surface area contributed by atoms with Crippen LogP contribution < -0.4 is 10.6 Å². The zero-order chi connectivity index (χ0) is 21.7. The number of nitrogens with zero attached hydrogens (tertiary/aromatic N) is 1. The van der Waals surface area contributed by atoms with Crippen LogP contribution in [0.1, 0.15) is 41.9 Å². The first-order valence-electron chi connectivity index (χ1n) is 10.1. The lowest BCUT2D eigenvalue weighted by atomic mass is 10.00. The molecule has 3 rings (SSSR count). The van der Waals surface area contributed by atoms with Crippen LogP contribution in [0.25, 0.3) is 0 Å². The van der Waals surface area contributed by atoms with E-state index in [1.54, 1.807) is 18.2 Å². The van der Waals surface area contributed by atoms with Crippen molar-refractivity contribution < 1.29 is 18.4 Å². The molecular formula is C22H27F2N3O2S. The summed E-state index contributed by atoms with van der Waals surface area (Å²) in [4.78, 5) is 27.9. The van der Waals surface area contributed by atoms with Gasteiger partial charge in [-0.25, -0.2) is 8.78 Å². The number of hydrogen-bond acceptors (Lipinski definition) is 4. The number of carbonyl (C=O) groups is 2. The van der Waals surface area contributed by atoms with E-state index in [-0.39, 0.29) is 23.8 Å². The fourth-order valence-corrected chi connectivity index (χ4v) is 4.20. The maximum atomic E-state index is 13.4. The Hall–Kier alpha value is -2.32. The van der Waals surface area contributed by atoms with Crippen LogP contribution in [0.5, 0.6) is 0 Å². The van der Waals surface area contributed by atoms with E-state index in [1.165, 1.54) is 17.4 Å². The van der Waals surface area contributed by atoms with Gasteiger partial charge in [-0.2, -0.15) is 0 Å². The van der Waals surface area contributed by atoms with Crippen LogP contribution in [0.4, 0.5) is 8.78 Å². The van der Waals surface area contributed by atoms with Crippen molar-refractivity contribution in [2.45, 2.75) is 45.3 Å². The third-order valence-corrected chi connectivity index (χ3v) is 6.17. The first-order valence-corrected chi connectivity index (χ1v) is 11.0. The molecule has 1 saturated heterocycles. The number of amides is 2. The van der Waals surface area contributed by atoms with Gasteiger partial charge in [-0.05, 0) is 47.9 Å². The van der Waals surface area contributed by atoms with Gasteiger partial charge in [0, 0.05) is 25.7 Å². The third kappa shape index (κ3) is 5.86. The molecule has 2 heterocycles. The highest BCUT2D eigenvalue weighted by Gasteiger charge is 2.28. The Labute approximate surface area is 179 Å². The summed E-state index contributed by atoms with van der Waals surface area (Å²) in [7, 11) is 0. The van der Waals surface area contributed by atoms with Crippen molar-refractivity contribution in [3.05, 3.63) is 57.8 Å². The van der Waals surface area contributed by atoms with E-state index in [2.05, 4.69) is 15.5 Å². The summed E-state index contributed by atoms with van der Waals surface area (Å²) in [6, 6.07) is 6.94. The van der Waals surface area contributed by atoms with Gasteiger partial charge in [0.25, 0.3) is 5.91 Å². The number of rotatable bonds is 7. The van der Waals surface area contributed by atoms with Gasteiger partial charge >= 0.3 is 0 Å². The van der Waals surface area contributed by atoms with Crippen molar-refractivity contribution in [1.29, 1.82) is 0 Å². The summed E-state index contributed by atoms with van der Waals surface area (Å²) in [6.45, 7) is 5.85. The molecule has 1 aliphatic rings. The SMILES string of the molecule is CC(C)C(NC(=O)c1cccs1)C(=O)NC1CCN(Cc2ccc(F)c(F)c2)CC1. The van der Waals surface area contributed by atoms with Gasteiger partial charge in [-0.1, -0.05) is 26.0 Å². The topological polar surface area (TPSA) is 61.4 Å².